The van der Waals surface area contributed by atoms with Crippen molar-refractivity contribution in [2.24, 2.45) is 0 Å². The minimum atomic E-state index is -0.250. The lowest BCUT2D eigenvalue weighted by atomic mass is 10.0. The van der Waals surface area contributed by atoms with E-state index in [1.807, 2.05) is 60.7 Å². The van der Waals surface area contributed by atoms with E-state index < -0.39 is 0 Å². The van der Waals surface area contributed by atoms with E-state index in [2.05, 4.69) is 24.1 Å². The first kappa shape index (κ1) is 19.1. The molecule has 0 fully saturated rings. The lowest BCUT2D eigenvalue weighted by Gasteiger charge is -2.14. The van der Waals surface area contributed by atoms with Gasteiger partial charge in [0.25, 0.3) is 5.56 Å². The van der Waals surface area contributed by atoms with Gasteiger partial charge in [-0.25, -0.2) is 4.98 Å². The number of hydrogen-bond donors (Lipinski definition) is 1. The van der Waals surface area contributed by atoms with Gasteiger partial charge in [0.15, 0.2) is 0 Å². The molecule has 0 spiro atoms. The first-order valence-corrected chi connectivity index (χ1v) is 10.3. The number of hydrogen-bond acceptors (Lipinski definition) is 4. The molecule has 0 unspecified atom stereocenters. The smallest absolute Gasteiger partial charge is 0.262 e. The molecule has 6 heteroatoms. The number of rotatable bonds is 5. The minimum absolute atomic E-state index is 0.0787. The van der Waals surface area contributed by atoms with Gasteiger partial charge in [0.05, 0.1) is 11.7 Å². The van der Waals surface area contributed by atoms with Gasteiger partial charge < -0.3 is 5.32 Å². The molecule has 5 nitrogen and oxygen atoms in total. The van der Waals surface area contributed by atoms with E-state index in [0.717, 1.165) is 21.7 Å². The highest BCUT2D eigenvalue weighted by Gasteiger charge is 2.14. The molecule has 0 aliphatic heterocycles. The summed E-state index contributed by atoms with van der Waals surface area (Å²) in [4.78, 5) is 31.5. The fourth-order valence-electron chi connectivity index (χ4n) is 3.28. The van der Waals surface area contributed by atoms with Gasteiger partial charge in [-0.1, -0.05) is 62.4 Å². The molecule has 0 saturated heterocycles. The van der Waals surface area contributed by atoms with E-state index in [4.69, 9.17) is 0 Å². The summed E-state index contributed by atoms with van der Waals surface area (Å²) in [5, 5.41) is 3.46. The molecule has 0 atom stereocenters. The van der Waals surface area contributed by atoms with Crippen LogP contribution in [0.3, 0.4) is 0 Å². The number of para-hydroxylation sites is 1. The Hall–Kier alpha value is -3.25. The van der Waals surface area contributed by atoms with E-state index in [1.54, 1.807) is 0 Å². The van der Waals surface area contributed by atoms with Crippen molar-refractivity contribution in [2.45, 2.75) is 26.3 Å². The third-order valence-corrected chi connectivity index (χ3v) is 5.84. The summed E-state index contributed by atoms with van der Waals surface area (Å²) in [5.41, 5.74) is 2.67. The number of nitrogens with zero attached hydrogens (tertiary/aromatic N) is 2. The van der Waals surface area contributed by atoms with Gasteiger partial charge in [-0.2, -0.15) is 0 Å². The third-order valence-electron chi connectivity index (χ3n) is 4.75. The van der Waals surface area contributed by atoms with E-state index in [-0.39, 0.29) is 23.9 Å². The molecule has 2 heterocycles. The normalized spacial score (nSPS) is 11.1. The largest absolute Gasteiger partial charge is 0.324 e. The maximum Gasteiger partial charge on any atom is 0.262 e. The zero-order chi connectivity index (χ0) is 20.4. The van der Waals surface area contributed by atoms with E-state index in [1.165, 1.54) is 22.2 Å². The van der Waals surface area contributed by atoms with Crippen LogP contribution in [-0.2, 0) is 11.3 Å². The number of anilines is 1. The Morgan fingerprint density at radius 2 is 1.83 bits per heavy atom. The molecule has 0 bridgehead atoms. The number of carbonyl (C=O) groups is 1. The second kappa shape index (κ2) is 8.01. The minimum Gasteiger partial charge on any atom is -0.324 e. The van der Waals surface area contributed by atoms with Crippen molar-refractivity contribution in [3.05, 3.63) is 82.9 Å². The molecule has 4 aromatic rings. The van der Waals surface area contributed by atoms with Crippen LogP contribution in [0.1, 0.15) is 25.3 Å². The molecule has 4 rings (SSSR count). The van der Waals surface area contributed by atoms with Crippen LogP contribution in [0.4, 0.5) is 5.69 Å². The van der Waals surface area contributed by atoms with Crippen molar-refractivity contribution in [2.75, 3.05) is 5.32 Å². The lowest BCUT2D eigenvalue weighted by molar-refractivity contribution is -0.116. The SMILES string of the molecule is CC(C)c1ccccc1NC(=O)Cn1cnc2sc(-c3ccccc3)cc2c1=O. The Morgan fingerprint density at radius 1 is 1.10 bits per heavy atom. The van der Waals surface area contributed by atoms with E-state index in [9.17, 15) is 9.59 Å². The second-order valence-corrected chi connectivity index (χ2v) is 8.19. The van der Waals surface area contributed by atoms with Gasteiger partial charge in [0.2, 0.25) is 5.91 Å². The summed E-state index contributed by atoms with van der Waals surface area (Å²) >= 11 is 1.47. The zero-order valence-electron chi connectivity index (χ0n) is 16.3. The van der Waals surface area contributed by atoms with Crippen LogP contribution >= 0.6 is 11.3 Å². The number of fused-ring (bicyclic) bond motifs is 1. The molecule has 2 aromatic heterocycles. The highest BCUT2D eigenvalue weighted by Crippen LogP contribution is 2.30. The van der Waals surface area contributed by atoms with Crippen LogP contribution < -0.4 is 10.9 Å². The maximum absolute atomic E-state index is 12.9. The summed E-state index contributed by atoms with van der Waals surface area (Å²) in [6, 6.07) is 19.5. The van der Waals surface area contributed by atoms with Crippen molar-refractivity contribution in [1.29, 1.82) is 0 Å². The van der Waals surface area contributed by atoms with Gasteiger partial charge in [-0.15, -0.1) is 11.3 Å². The maximum atomic E-state index is 12.9. The Balaban J connectivity index is 1.59. The first-order valence-electron chi connectivity index (χ1n) is 9.46. The molecular formula is C23H21N3O2S. The Bertz CT molecular complexity index is 1230. The van der Waals surface area contributed by atoms with Crippen LogP contribution in [0.15, 0.2) is 71.8 Å². The number of carbonyl (C=O) groups excluding carboxylic acids is 1. The molecule has 0 aliphatic carbocycles. The summed E-state index contributed by atoms with van der Waals surface area (Å²) in [6.45, 7) is 4.08. The van der Waals surface area contributed by atoms with E-state index >= 15 is 0 Å². The Morgan fingerprint density at radius 3 is 2.59 bits per heavy atom. The summed E-state index contributed by atoms with van der Waals surface area (Å²) < 4.78 is 1.36. The molecule has 0 saturated carbocycles. The molecule has 1 amide bonds. The van der Waals surface area contributed by atoms with Gasteiger partial charge in [-0.3, -0.25) is 14.2 Å². The summed E-state index contributed by atoms with van der Waals surface area (Å²) in [6.07, 6.45) is 1.45. The van der Waals surface area contributed by atoms with Crippen molar-refractivity contribution in [1.82, 2.24) is 9.55 Å². The third kappa shape index (κ3) is 3.98. The average Bonchev–Trinajstić information content (AvgIpc) is 3.16. The lowest BCUT2D eigenvalue weighted by Crippen LogP contribution is -2.27. The number of nitrogens with one attached hydrogen (secondary N) is 1. The summed E-state index contributed by atoms with van der Waals surface area (Å²) in [7, 11) is 0. The molecule has 0 aliphatic rings. The second-order valence-electron chi connectivity index (χ2n) is 7.16. The van der Waals surface area contributed by atoms with Crippen molar-refractivity contribution in [3.63, 3.8) is 0 Å². The Kier molecular flexibility index (Phi) is 5.27. The Labute approximate surface area is 172 Å². The highest BCUT2D eigenvalue weighted by molar-refractivity contribution is 7.21. The molecule has 0 radical (unpaired) electrons. The topological polar surface area (TPSA) is 64.0 Å². The summed E-state index contributed by atoms with van der Waals surface area (Å²) in [5.74, 6) is 0.0364. The molecule has 146 valence electrons. The standard InChI is InChI=1S/C23H21N3O2S/c1-15(2)17-10-6-7-11-19(17)25-21(27)13-26-14-24-22-18(23(26)28)12-20(29-22)16-8-4-3-5-9-16/h3-12,14-15H,13H2,1-2H3,(H,25,27). The first-order chi connectivity index (χ1) is 14.0. The fraction of sp³-hybridized carbons (Fsp3) is 0.174. The van der Waals surface area contributed by atoms with Crippen molar-refractivity contribution >= 4 is 33.1 Å². The number of benzene rings is 2. The fourth-order valence-corrected chi connectivity index (χ4v) is 4.27. The predicted octanol–water partition coefficient (Wildman–Crippen LogP) is 4.89. The van der Waals surface area contributed by atoms with E-state index in [0.29, 0.717) is 10.2 Å². The van der Waals surface area contributed by atoms with Crippen LogP contribution in [0.5, 0.6) is 0 Å². The van der Waals surface area contributed by atoms with Crippen LogP contribution in [-0.4, -0.2) is 15.5 Å². The molecule has 29 heavy (non-hydrogen) atoms. The highest BCUT2D eigenvalue weighted by atomic mass is 32.1. The number of thiophene rings is 1. The number of amides is 1. The molecular weight excluding hydrogens is 382 g/mol. The van der Waals surface area contributed by atoms with Gasteiger partial charge >= 0.3 is 0 Å². The quantitative estimate of drug-likeness (QED) is 0.516. The monoisotopic (exact) mass is 403 g/mol. The molecule has 1 N–H and O–H groups in total. The van der Waals surface area contributed by atoms with Gasteiger partial charge in [0, 0.05) is 10.6 Å². The molecule has 2 aromatic carbocycles. The van der Waals surface area contributed by atoms with Crippen molar-refractivity contribution < 1.29 is 4.79 Å². The zero-order valence-corrected chi connectivity index (χ0v) is 17.1. The van der Waals surface area contributed by atoms with Gasteiger partial charge in [-0.05, 0) is 29.2 Å². The van der Waals surface area contributed by atoms with Gasteiger partial charge in [0.1, 0.15) is 11.4 Å². The van der Waals surface area contributed by atoms with Crippen molar-refractivity contribution in [3.8, 4) is 10.4 Å². The number of aromatic nitrogens is 2. The predicted molar refractivity (Wildman–Crippen MR) is 118 cm³/mol. The van der Waals surface area contributed by atoms with Crippen LogP contribution in [0, 0.1) is 0 Å². The van der Waals surface area contributed by atoms with Crippen LogP contribution in [0.2, 0.25) is 0 Å². The van der Waals surface area contributed by atoms with Crippen LogP contribution in [0.25, 0.3) is 20.7 Å². The average molecular weight is 404 g/mol.